The topological polar surface area (TPSA) is 120 Å². The van der Waals surface area contributed by atoms with Gasteiger partial charge < -0.3 is 31.9 Å². The van der Waals surface area contributed by atoms with Gasteiger partial charge in [-0.2, -0.15) is 0 Å². The molecule has 5 rings (SSSR count). The number of benzene rings is 2. The molecule has 0 aliphatic heterocycles. The molecule has 1 unspecified atom stereocenters. The van der Waals surface area contributed by atoms with Crippen LogP contribution in [0.1, 0.15) is 36.2 Å². The first-order chi connectivity index (χ1) is 24.1. The van der Waals surface area contributed by atoms with Crippen molar-refractivity contribution in [2.24, 2.45) is 0 Å². The molecule has 11 nitrogen and oxygen atoms in total. The molecule has 0 bridgehead atoms. The molecule has 0 fully saturated rings. The van der Waals surface area contributed by atoms with Gasteiger partial charge in [0.2, 0.25) is 5.78 Å². The molecule has 0 saturated heterocycles. The summed E-state index contributed by atoms with van der Waals surface area (Å²) >= 11 is 0. The second kappa shape index (κ2) is 18.2. The number of ketones is 1. The minimum absolute atomic E-state index is 0.158. The number of carbonyl (C=O) groups is 1. The summed E-state index contributed by atoms with van der Waals surface area (Å²) in [4.78, 5) is 26.7. The van der Waals surface area contributed by atoms with Gasteiger partial charge in [-0.1, -0.05) is 31.2 Å². The van der Waals surface area contributed by atoms with Crippen LogP contribution in [0.15, 0.2) is 140 Å². The van der Waals surface area contributed by atoms with Gasteiger partial charge >= 0.3 is 17.2 Å². The van der Waals surface area contributed by atoms with Crippen molar-refractivity contribution >= 4 is 23.0 Å². The lowest BCUT2D eigenvalue weighted by Crippen LogP contribution is -2.09. The predicted octanol–water partition coefficient (Wildman–Crippen LogP) is 9.45. The second-order valence-electron chi connectivity index (χ2n) is 9.76. The van der Waals surface area contributed by atoms with Gasteiger partial charge in [-0.25, -0.2) is 0 Å². The van der Waals surface area contributed by atoms with Gasteiger partial charge in [-0.15, -0.1) is 0 Å². The third-order valence-electron chi connectivity index (χ3n) is 6.37. The third kappa shape index (κ3) is 10.2. The average Bonchev–Trinajstić information content (AvgIpc) is 3.14. The highest BCUT2D eigenvalue weighted by atomic mass is 31.2. The zero-order valence-electron chi connectivity index (χ0n) is 26.9. The highest BCUT2D eigenvalue weighted by molar-refractivity contribution is 7.43. The molecule has 0 aliphatic carbocycles. The van der Waals surface area contributed by atoms with Crippen LogP contribution in [0, 0.1) is 0 Å². The zero-order valence-corrected chi connectivity index (χ0v) is 28.7. The van der Waals surface area contributed by atoms with Crippen molar-refractivity contribution < 1.29 is 36.7 Å². The van der Waals surface area contributed by atoms with Crippen molar-refractivity contribution in [3.8, 4) is 34.5 Å². The van der Waals surface area contributed by atoms with Gasteiger partial charge in [0.05, 0.1) is 36.8 Å². The SMILES string of the molecule is C/C=C\C=C(/CC)OP(Oc1cccnc1)Oc1ccccc1C(=O)c1ccc(OC)cc1OP(Oc1cccnc1)Oc1cccnc1. The van der Waals surface area contributed by atoms with E-state index in [0.29, 0.717) is 35.2 Å². The van der Waals surface area contributed by atoms with Crippen molar-refractivity contribution in [3.05, 3.63) is 151 Å². The number of aromatic nitrogens is 3. The smallest absolute Gasteiger partial charge is 0.497 e. The Balaban J connectivity index is 1.47. The standard InChI is InChI=1S/C36H33N3O8P2/c1-4-6-12-27(5-2)42-48(43-29-13-9-20-37-24-29)46-34-17-8-7-16-32(34)36(40)33-19-18-28(41-3)23-35(33)47-49(44-30-14-10-21-38-25-30)45-31-15-11-22-39-26-31/h4,6-26H,5H2,1-3H3/b6-4-,27-12+. The molecule has 0 aliphatic rings. The van der Waals surface area contributed by atoms with Crippen molar-refractivity contribution in [2.45, 2.75) is 20.3 Å². The highest BCUT2D eigenvalue weighted by Crippen LogP contribution is 2.47. The molecular weight excluding hydrogens is 664 g/mol. The van der Waals surface area contributed by atoms with E-state index in [1.165, 1.54) is 19.5 Å². The van der Waals surface area contributed by atoms with E-state index in [0.717, 1.165) is 0 Å². The van der Waals surface area contributed by atoms with Crippen molar-refractivity contribution in [3.63, 3.8) is 0 Å². The van der Waals surface area contributed by atoms with Crippen LogP contribution in [-0.4, -0.2) is 27.8 Å². The Hall–Kier alpha value is -5.50. The molecule has 0 spiro atoms. The van der Waals surface area contributed by atoms with Gasteiger partial charge in [0.25, 0.3) is 0 Å². The number of nitrogens with zero attached hydrogens (tertiary/aromatic N) is 3. The number of pyridine rings is 3. The molecule has 13 heteroatoms. The number of methoxy groups -OCH3 is 1. The fourth-order valence-corrected chi connectivity index (χ4v) is 6.09. The molecule has 5 aromatic rings. The molecule has 0 amide bonds. The van der Waals surface area contributed by atoms with Gasteiger partial charge in [0.1, 0.15) is 40.3 Å². The lowest BCUT2D eigenvalue weighted by atomic mass is 10.0. The van der Waals surface area contributed by atoms with E-state index in [4.69, 9.17) is 31.9 Å². The minimum atomic E-state index is -2.16. The predicted molar refractivity (Wildman–Crippen MR) is 187 cm³/mol. The molecule has 0 saturated carbocycles. The number of para-hydroxylation sites is 1. The number of ether oxygens (including phenoxy) is 1. The molecule has 0 radical (unpaired) electrons. The maximum Gasteiger partial charge on any atom is 0.530 e. The summed E-state index contributed by atoms with van der Waals surface area (Å²) in [6.07, 6.45) is 15.7. The molecule has 0 N–H and O–H groups in total. The van der Waals surface area contributed by atoms with Gasteiger partial charge in [0.15, 0.2) is 0 Å². The largest absolute Gasteiger partial charge is 0.530 e. The number of hydrogen-bond acceptors (Lipinski definition) is 11. The van der Waals surface area contributed by atoms with E-state index in [9.17, 15) is 4.79 Å². The second-order valence-corrected chi connectivity index (χ2v) is 11.8. The van der Waals surface area contributed by atoms with Gasteiger partial charge in [-0.3, -0.25) is 19.7 Å². The minimum Gasteiger partial charge on any atom is -0.497 e. The van der Waals surface area contributed by atoms with E-state index >= 15 is 0 Å². The molecule has 3 aromatic heterocycles. The van der Waals surface area contributed by atoms with Crippen LogP contribution in [0.4, 0.5) is 0 Å². The van der Waals surface area contributed by atoms with Crippen LogP contribution in [-0.2, 0) is 4.52 Å². The molecule has 49 heavy (non-hydrogen) atoms. The van der Waals surface area contributed by atoms with Crippen LogP contribution in [0.3, 0.4) is 0 Å². The van der Waals surface area contributed by atoms with Crippen LogP contribution in [0.2, 0.25) is 0 Å². The van der Waals surface area contributed by atoms with E-state index < -0.39 is 23.0 Å². The highest BCUT2D eigenvalue weighted by Gasteiger charge is 2.28. The Kier molecular flexibility index (Phi) is 12.9. The first-order valence-electron chi connectivity index (χ1n) is 15.1. The number of allylic oxidation sites excluding steroid dienone is 4. The zero-order chi connectivity index (χ0) is 34.3. The van der Waals surface area contributed by atoms with E-state index in [1.54, 1.807) is 104 Å². The number of hydrogen-bond donors (Lipinski definition) is 0. The van der Waals surface area contributed by atoms with Crippen molar-refractivity contribution in [2.75, 3.05) is 7.11 Å². The lowest BCUT2D eigenvalue weighted by molar-refractivity contribution is 0.103. The Bertz CT molecular complexity index is 1810. The molecule has 3 heterocycles. The first-order valence-corrected chi connectivity index (χ1v) is 17.3. The van der Waals surface area contributed by atoms with E-state index in [2.05, 4.69) is 15.0 Å². The third-order valence-corrected chi connectivity index (χ3v) is 8.52. The Morgan fingerprint density at radius 1 is 0.673 bits per heavy atom. The fraction of sp³-hybridized carbons (Fsp3) is 0.111. The molecule has 250 valence electrons. The maximum absolute atomic E-state index is 14.3. The van der Waals surface area contributed by atoms with Crippen LogP contribution in [0.5, 0.6) is 34.5 Å². The molecule has 1 atom stereocenters. The lowest BCUT2D eigenvalue weighted by Gasteiger charge is -2.21. The quantitative estimate of drug-likeness (QED) is 0.0400. The number of rotatable bonds is 17. The van der Waals surface area contributed by atoms with E-state index in [1.807, 2.05) is 32.1 Å². The maximum atomic E-state index is 14.3. The van der Waals surface area contributed by atoms with Crippen LogP contribution < -0.4 is 27.4 Å². The average molecular weight is 698 g/mol. The Morgan fingerprint density at radius 3 is 1.80 bits per heavy atom. The summed E-state index contributed by atoms with van der Waals surface area (Å²) in [5, 5.41) is 0. The van der Waals surface area contributed by atoms with E-state index in [-0.39, 0.29) is 22.6 Å². The summed E-state index contributed by atoms with van der Waals surface area (Å²) in [6, 6.07) is 22.1. The van der Waals surface area contributed by atoms with Crippen molar-refractivity contribution in [1.29, 1.82) is 0 Å². The Labute approximate surface area is 287 Å². The summed E-state index contributed by atoms with van der Waals surface area (Å²) in [5.74, 6) is 2.35. The summed E-state index contributed by atoms with van der Waals surface area (Å²) in [6.45, 7) is 3.87. The normalized spacial score (nSPS) is 11.9. The molecular formula is C36H33N3O8P2. The first kappa shape index (κ1) is 34.8. The molecule has 2 aromatic carbocycles. The fourth-order valence-electron chi connectivity index (χ4n) is 4.02. The van der Waals surface area contributed by atoms with Crippen LogP contribution in [0.25, 0.3) is 0 Å². The van der Waals surface area contributed by atoms with Gasteiger partial charge in [0, 0.05) is 31.1 Å². The van der Waals surface area contributed by atoms with Gasteiger partial charge in [-0.05, 0) is 73.7 Å². The number of carbonyl (C=O) groups excluding carboxylic acids is 1. The Morgan fingerprint density at radius 2 is 1.24 bits per heavy atom. The monoisotopic (exact) mass is 697 g/mol. The summed E-state index contributed by atoms with van der Waals surface area (Å²) in [5.41, 5.74) is 0.444. The summed E-state index contributed by atoms with van der Waals surface area (Å²) in [7, 11) is -2.70. The van der Waals surface area contributed by atoms with Crippen molar-refractivity contribution in [1.82, 2.24) is 15.0 Å². The summed E-state index contributed by atoms with van der Waals surface area (Å²) < 4.78 is 42.5. The van der Waals surface area contributed by atoms with Crippen LogP contribution >= 0.6 is 17.2 Å².